The zero-order valence-corrected chi connectivity index (χ0v) is 11.9. The molecule has 7 nitrogen and oxygen atoms in total. The molecule has 21 heavy (non-hydrogen) atoms. The number of nitrogen functional groups attached to an aromatic ring is 1. The molecular weight excluding hydrogens is 270 g/mol. The number of nitrogens with two attached hydrogens (primary N) is 1. The zero-order valence-electron chi connectivity index (χ0n) is 11.9. The van der Waals surface area contributed by atoms with Gasteiger partial charge in [-0.1, -0.05) is 12.5 Å². The highest BCUT2D eigenvalue weighted by Crippen LogP contribution is 2.35. The number of hydrazine groups is 1. The van der Waals surface area contributed by atoms with Gasteiger partial charge in [0.25, 0.3) is 0 Å². The van der Waals surface area contributed by atoms with E-state index in [9.17, 15) is 10.1 Å². The van der Waals surface area contributed by atoms with Crippen LogP contribution in [0.3, 0.4) is 0 Å². The fourth-order valence-corrected chi connectivity index (χ4v) is 3.59. The minimum absolute atomic E-state index is 0.0225. The molecule has 3 rings (SSSR count). The average molecular weight is 291 g/mol. The van der Waals surface area contributed by atoms with Crippen LogP contribution in [0.15, 0.2) is 18.2 Å². The molecule has 4 N–H and O–H groups in total. The SMILES string of the molecule is NNc1cccc(NC2CCN3CCCCC23)c1[N+](=O)[O-]. The molecule has 0 spiro atoms. The molecule has 2 unspecified atom stereocenters. The number of nitro benzene ring substituents is 1. The number of anilines is 2. The van der Waals surface area contributed by atoms with Gasteiger partial charge in [0.15, 0.2) is 0 Å². The molecule has 2 atom stereocenters. The molecule has 0 saturated carbocycles. The molecule has 0 aliphatic carbocycles. The number of hydrogen-bond donors (Lipinski definition) is 3. The van der Waals surface area contributed by atoms with Crippen molar-refractivity contribution in [1.82, 2.24) is 4.90 Å². The molecule has 1 aromatic carbocycles. The van der Waals surface area contributed by atoms with E-state index in [1.54, 1.807) is 18.2 Å². The number of para-hydroxylation sites is 1. The molecule has 0 aromatic heterocycles. The fourth-order valence-electron chi connectivity index (χ4n) is 3.59. The van der Waals surface area contributed by atoms with Gasteiger partial charge in [-0.15, -0.1) is 0 Å². The lowest BCUT2D eigenvalue weighted by atomic mass is 9.98. The molecule has 2 aliphatic heterocycles. The summed E-state index contributed by atoms with van der Waals surface area (Å²) >= 11 is 0. The Labute approximate surface area is 123 Å². The van der Waals surface area contributed by atoms with Crippen LogP contribution >= 0.6 is 0 Å². The molecule has 2 heterocycles. The van der Waals surface area contributed by atoms with Gasteiger partial charge in [0, 0.05) is 18.6 Å². The highest BCUT2D eigenvalue weighted by atomic mass is 16.6. The van der Waals surface area contributed by atoms with Gasteiger partial charge in [0.2, 0.25) is 0 Å². The topological polar surface area (TPSA) is 96.5 Å². The Morgan fingerprint density at radius 1 is 1.24 bits per heavy atom. The highest BCUT2D eigenvalue weighted by Gasteiger charge is 2.36. The van der Waals surface area contributed by atoms with Gasteiger partial charge >= 0.3 is 5.69 Å². The van der Waals surface area contributed by atoms with Crippen molar-refractivity contribution in [3.05, 3.63) is 28.3 Å². The summed E-state index contributed by atoms with van der Waals surface area (Å²) in [5.41, 5.74) is 3.31. The number of rotatable bonds is 4. The lowest BCUT2D eigenvalue weighted by Crippen LogP contribution is -2.41. The number of piperidine rings is 1. The van der Waals surface area contributed by atoms with Gasteiger partial charge in [-0.25, -0.2) is 0 Å². The van der Waals surface area contributed by atoms with E-state index in [1.165, 1.54) is 19.3 Å². The summed E-state index contributed by atoms with van der Waals surface area (Å²) in [6.07, 6.45) is 4.70. The van der Waals surface area contributed by atoms with Crippen molar-refractivity contribution in [1.29, 1.82) is 0 Å². The molecule has 2 aliphatic rings. The van der Waals surface area contributed by atoms with Crippen molar-refractivity contribution >= 4 is 17.1 Å². The highest BCUT2D eigenvalue weighted by molar-refractivity contribution is 5.76. The van der Waals surface area contributed by atoms with Crippen LogP contribution in [0.4, 0.5) is 17.1 Å². The second-order valence-electron chi connectivity index (χ2n) is 5.74. The van der Waals surface area contributed by atoms with Crippen LogP contribution in [0, 0.1) is 10.1 Å². The monoisotopic (exact) mass is 291 g/mol. The first-order valence-corrected chi connectivity index (χ1v) is 7.45. The van der Waals surface area contributed by atoms with E-state index in [4.69, 9.17) is 5.84 Å². The number of nitrogens with zero attached hydrogens (tertiary/aromatic N) is 2. The Kier molecular flexibility index (Phi) is 3.94. The van der Waals surface area contributed by atoms with E-state index >= 15 is 0 Å². The number of nitro groups is 1. The molecule has 0 radical (unpaired) electrons. The van der Waals surface area contributed by atoms with Crippen molar-refractivity contribution in [3.63, 3.8) is 0 Å². The van der Waals surface area contributed by atoms with Crippen LogP contribution in [0.25, 0.3) is 0 Å². The van der Waals surface area contributed by atoms with E-state index in [1.807, 2.05) is 0 Å². The van der Waals surface area contributed by atoms with E-state index in [0.29, 0.717) is 17.4 Å². The zero-order chi connectivity index (χ0) is 14.8. The first kappa shape index (κ1) is 14.1. The van der Waals surface area contributed by atoms with Crippen molar-refractivity contribution in [2.45, 2.75) is 37.8 Å². The van der Waals surface area contributed by atoms with Gasteiger partial charge in [-0.05, 0) is 37.9 Å². The Balaban J connectivity index is 1.83. The fraction of sp³-hybridized carbons (Fsp3) is 0.571. The van der Waals surface area contributed by atoms with Crippen LogP contribution in [0.2, 0.25) is 0 Å². The minimum Gasteiger partial charge on any atom is -0.375 e. The van der Waals surface area contributed by atoms with Gasteiger partial charge in [-0.3, -0.25) is 20.9 Å². The predicted octanol–water partition coefficient (Wildman–Crippen LogP) is 1.92. The standard InChI is InChI=1S/C14H21N5O2/c15-17-12-5-3-4-11(14(12)19(20)21)16-10-7-9-18-8-2-1-6-13(10)18/h3-5,10,13,16-17H,1-2,6-9,15H2. The van der Waals surface area contributed by atoms with Crippen LogP contribution < -0.4 is 16.6 Å². The van der Waals surface area contributed by atoms with Crippen LogP contribution in [0.5, 0.6) is 0 Å². The first-order chi connectivity index (χ1) is 10.2. The van der Waals surface area contributed by atoms with Gasteiger partial charge in [0.1, 0.15) is 11.4 Å². The number of benzene rings is 1. The van der Waals surface area contributed by atoms with Gasteiger partial charge in [-0.2, -0.15) is 0 Å². The van der Waals surface area contributed by atoms with Gasteiger partial charge in [0.05, 0.1) is 4.92 Å². The minimum atomic E-state index is -0.384. The summed E-state index contributed by atoms with van der Waals surface area (Å²) in [6.45, 7) is 2.22. The normalized spacial score (nSPS) is 25.4. The molecule has 0 amide bonds. The van der Waals surface area contributed by atoms with E-state index in [0.717, 1.165) is 19.5 Å². The Hall–Kier alpha value is -1.86. The third-order valence-corrected chi connectivity index (χ3v) is 4.57. The number of fused-ring (bicyclic) bond motifs is 1. The molecule has 2 fully saturated rings. The Morgan fingerprint density at radius 3 is 2.81 bits per heavy atom. The largest absolute Gasteiger partial charge is 0.375 e. The summed E-state index contributed by atoms with van der Waals surface area (Å²) in [5.74, 6) is 5.38. The van der Waals surface area contributed by atoms with Crippen LogP contribution in [-0.2, 0) is 0 Å². The maximum atomic E-state index is 11.3. The quantitative estimate of drug-likeness (QED) is 0.445. The second-order valence-corrected chi connectivity index (χ2v) is 5.74. The summed E-state index contributed by atoms with van der Waals surface area (Å²) < 4.78 is 0. The van der Waals surface area contributed by atoms with Crippen molar-refractivity contribution in [3.8, 4) is 0 Å². The van der Waals surface area contributed by atoms with E-state index < -0.39 is 0 Å². The number of nitrogens with one attached hydrogen (secondary N) is 2. The lowest BCUT2D eigenvalue weighted by molar-refractivity contribution is -0.383. The summed E-state index contributed by atoms with van der Waals surface area (Å²) in [4.78, 5) is 13.4. The van der Waals surface area contributed by atoms with E-state index in [2.05, 4.69) is 15.6 Å². The van der Waals surface area contributed by atoms with Crippen molar-refractivity contribution in [2.75, 3.05) is 23.8 Å². The molecular formula is C14H21N5O2. The molecule has 7 heteroatoms. The summed E-state index contributed by atoms with van der Waals surface area (Å²) in [6, 6.07) is 5.91. The second kappa shape index (κ2) is 5.87. The molecule has 1 aromatic rings. The van der Waals surface area contributed by atoms with Crippen molar-refractivity contribution in [2.24, 2.45) is 5.84 Å². The first-order valence-electron chi connectivity index (χ1n) is 7.45. The maximum absolute atomic E-state index is 11.3. The summed E-state index contributed by atoms with van der Waals surface area (Å²) in [5, 5.41) is 14.7. The third-order valence-electron chi connectivity index (χ3n) is 4.57. The maximum Gasteiger partial charge on any atom is 0.316 e. The third kappa shape index (κ3) is 2.66. The summed E-state index contributed by atoms with van der Waals surface area (Å²) in [7, 11) is 0. The Morgan fingerprint density at radius 2 is 2.05 bits per heavy atom. The Bertz CT molecular complexity index is 536. The van der Waals surface area contributed by atoms with E-state index in [-0.39, 0.29) is 16.7 Å². The predicted molar refractivity (Wildman–Crippen MR) is 82.1 cm³/mol. The van der Waals surface area contributed by atoms with Gasteiger partial charge < -0.3 is 10.7 Å². The smallest absolute Gasteiger partial charge is 0.316 e. The molecule has 0 bridgehead atoms. The molecule has 2 saturated heterocycles. The van der Waals surface area contributed by atoms with Crippen molar-refractivity contribution < 1.29 is 4.92 Å². The molecule has 114 valence electrons. The lowest BCUT2D eigenvalue weighted by Gasteiger charge is -2.32. The van der Waals surface area contributed by atoms with Crippen LogP contribution in [-0.4, -0.2) is 35.0 Å². The number of hydrogen-bond acceptors (Lipinski definition) is 6. The average Bonchev–Trinajstić information content (AvgIpc) is 2.90. The van der Waals surface area contributed by atoms with Crippen LogP contribution in [0.1, 0.15) is 25.7 Å².